The Labute approximate surface area is 213 Å². The summed E-state index contributed by atoms with van der Waals surface area (Å²) < 4.78 is 8.14. The third kappa shape index (κ3) is 3.52. The van der Waals surface area contributed by atoms with Crippen LogP contribution in [0.1, 0.15) is 12.0 Å². The van der Waals surface area contributed by atoms with Crippen molar-refractivity contribution < 1.29 is 9.53 Å². The van der Waals surface area contributed by atoms with Crippen LogP contribution in [0.5, 0.6) is 11.5 Å². The van der Waals surface area contributed by atoms with Gasteiger partial charge in [0.2, 0.25) is 0 Å². The molecule has 8 nitrogen and oxygen atoms in total. The molecule has 182 valence electrons. The van der Waals surface area contributed by atoms with E-state index in [1.165, 1.54) is 0 Å². The van der Waals surface area contributed by atoms with Crippen LogP contribution < -0.4 is 15.0 Å². The third-order valence-corrected chi connectivity index (χ3v) is 7.29. The van der Waals surface area contributed by atoms with Gasteiger partial charge in [0.1, 0.15) is 23.6 Å². The van der Waals surface area contributed by atoms with Crippen molar-refractivity contribution in [1.82, 2.24) is 19.5 Å². The fourth-order valence-corrected chi connectivity index (χ4v) is 5.19. The minimum absolute atomic E-state index is 0.0142. The van der Waals surface area contributed by atoms with Gasteiger partial charge in [-0.25, -0.2) is 15.0 Å². The Morgan fingerprint density at radius 1 is 1.03 bits per heavy atom. The van der Waals surface area contributed by atoms with Gasteiger partial charge in [0.15, 0.2) is 0 Å². The SMILES string of the molecule is C=C1C(=O)N(c2ccc3ncnc(Nc4ccc(Oc5ccc6c(c5)ncn6C)c(C)c4)c3c2)C2CC12. The van der Waals surface area contributed by atoms with E-state index in [1.54, 1.807) is 12.7 Å². The Balaban J connectivity index is 1.16. The van der Waals surface area contributed by atoms with Crippen molar-refractivity contribution in [2.45, 2.75) is 19.4 Å². The summed E-state index contributed by atoms with van der Waals surface area (Å²) in [6, 6.07) is 17.9. The molecule has 3 heterocycles. The number of carbonyl (C=O) groups excluding carboxylic acids is 1. The summed E-state index contributed by atoms with van der Waals surface area (Å²) >= 11 is 0. The predicted octanol–water partition coefficient (Wildman–Crippen LogP) is 5.65. The number of imidazole rings is 1. The first kappa shape index (κ1) is 21.6. The molecular weight excluding hydrogens is 464 g/mol. The second-order valence-corrected chi connectivity index (χ2v) is 9.75. The van der Waals surface area contributed by atoms with Gasteiger partial charge in [-0.1, -0.05) is 6.58 Å². The highest BCUT2D eigenvalue weighted by Crippen LogP contribution is 2.50. The van der Waals surface area contributed by atoms with Gasteiger partial charge >= 0.3 is 0 Å². The van der Waals surface area contributed by atoms with E-state index in [0.29, 0.717) is 17.3 Å². The van der Waals surface area contributed by atoms with Crippen LogP contribution in [0.2, 0.25) is 0 Å². The van der Waals surface area contributed by atoms with E-state index >= 15 is 0 Å². The highest BCUT2D eigenvalue weighted by atomic mass is 16.5. The van der Waals surface area contributed by atoms with Gasteiger partial charge in [0.25, 0.3) is 5.91 Å². The van der Waals surface area contributed by atoms with Gasteiger partial charge in [0, 0.05) is 47.4 Å². The molecule has 2 aromatic heterocycles. The van der Waals surface area contributed by atoms with E-state index < -0.39 is 0 Å². The molecule has 8 heteroatoms. The van der Waals surface area contributed by atoms with Crippen LogP contribution in [0.3, 0.4) is 0 Å². The normalized spacial score (nSPS) is 18.5. The summed E-state index contributed by atoms with van der Waals surface area (Å²) in [6.07, 6.45) is 4.33. The van der Waals surface area contributed by atoms with Gasteiger partial charge < -0.3 is 19.5 Å². The molecule has 2 aliphatic rings. The fourth-order valence-electron chi connectivity index (χ4n) is 5.19. The van der Waals surface area contributed by atoms with Crippen molar-refractivity contribution in [3.05, 3.63) is 85.0 Å². The number of anilines is 3. The molecule has 2 fully saturated rings. The molecule has 7 rings (SSSR count). The van der Waals surface area contributed by atoms with Gasteiger partial charge in [-0.15, -0.1) is 0 Å². The fraction of sp³-hybridized carbons (Fsp3) is 0.172. The molecule has 0 spiro atoms. The monoisotopic (exact) mass is 488 g/mol. The zero-order valence-electron chi connectivity index (χ0n) is 20.5. The van der Waals surface area contributed by atoms with Crippen molar-refractivity contribution >= 4 is 45.0 Å². The van der Waals surface area contributed by atoms with Crippen molar-refractivity contribution in [3.63, 3.8) is 0 Å². The largest absolute Gasteiger partial charge is 0.457 e. The maximum absolute atomic E-state index is 12.7. The molecule has 1 amide bonds. The van der Waals surface area contributed by atoms with E-state index in [0.717, 1.165) is 56.8 Å². The highest BCUT2D eigenvalue weighted by molar-refractivity contribution is 6.11. The van der Waals surface area contributed by atoms with Gasteiger partial charge in [0.05, 0.1) is 22.9 Å². The standard InChI is InChI=1S/C29H24N6O2/c1-16-10-18(4-9-27(16)37-20-6-8-25-24(12-20)32-15-34(25)3)33-28-22-11-19(5-7-23(22)30-14-31-28)35-26-13-21(26)17(2)29(35)36/h4-12,14-15,21,26H,2,13H2,1,3H3,(H,30,31,33). The molecule has 0 radical (unpaired) electrons. The number of rotatable bonds is 5. The molecule has 5 aromatic rings. The maximum Gasteiger partial charge on any atom is 0.254 e. The van der Waals surface area contributed by atoms with Gasteiger partial charge in [-0.3, -0.25) is 4.79 Å². The van der Waals surface area contributed by atoms with Crippen LogP contribution in [-0.2, 0) is 11.8 Å². The first-order chi connectivity index (χ1) is 18.0. The van der Waals surface area contributed by atoms with Crippen molar-refractivity contribution in [1.29, 1.82) is 0 Å². The summed E-state index contributed by atoms with van der Waals surface area (Å²) in [7, 11) is 1.97. The molecule has 2 unspecified atom stereocenters. The van der Waals surface area contributed by atoms with E-state index in [2.05, 4.69) is 26.8 Å². The topological polar surface area (TPSA) is 85.2 Å². The number of carbonyl (C=O) groups is 1. The second kappa shape index (κ2) is 7.89. The van der Waals surface area contributed by atoms with Crippen LogP contribution in [0, 0.1) is 12.8 Å². The summed E-state index contributed by atoms with van der Waals surface area (Å²) in [5.41, 5.74) is 6.18. The Morgan fingerprint density at radius 2 is 1.92 bits per heavy atom. The van der Waals surface area contributed by atoms with Crippen molar-refractivity contribution in [2.75, 3.05) is 10.2 Å². The predicted molar refractivity (Wildman–Crippen MR) is 143 cm³/mol. The summed E-state index contributed by atoms with van der Waals surface area (Å²) in [6.45, 7) is 5.99. The molecule has 1 N–H and O–H groups in total. The minimum Gasteiger partial charge on any atom is -0.457 e. The molecule has 1 saturated heterocycles. The zero-order chi connectivity index (χ0) is 25.3. The summed E-state index contributed by atoms with van der Waals surface area (Å²) in [5, 5.41) is 4.28. The number of ether oxygens (including phenoxy) is 1. The average molecular weight is 489 g/mol. The van der Waals surface area contributed by atoms with Crippen molar-refractivity contribution in [3.8, 4) is 11.5 Å². The Hall–Kier alpha value is -4.72. The molecule has 2 atom stereocenters. The quantitative estimate of drug-likeness (QED) is 0.322. The van der Waals surface area contributed by atoms with E-state index in [9.17, 15) is 4.79 Å². The zero-order valence-corrected chi connectivity index (χ0v) is 20.5. The molecule has 1 aliphatic carbocycles. The van der Waals surface area contributed by atoms with Crippen molar-refractivity contribution in [2.24, 2.45) is 13.0 Å². The number of hydrogen-bond acceptors (Lipinski definition) is 6. The highest BCUT2D eigenvalue weighted by Gasteiger charge is 2.54. The number of hydrogen-bond donors (Lipinski definition) is 1. The third-order valence-electron chi connectivity index (χ3n) is 7.29. The molecule has 37 heavy (non-hydrogen) atoms. The number of fused-ring (bicyclic) bond motifs is 3. The smallest absolute Gasteiger partial charge is 0.254 e. The number of aromatic nitrogens is 4. The lowest BCUT2D eigenvalue weighted by Crippen LogP contribution is -2.28. The van der Waals surface area contributed by atoms with Crippen LogP contribution in [0.25, 0.3) is 21.9 Å². The molecule has 3 aromatic carbocycles. The second-order valence-electron chi connectivity index (χ2n) is 9.75. The number of benzene rings is 3. The minimum atomic E-state index is 0.0142. The molecule has 1 aliphatic heterocycles. The lowest BCUT2D eigenvalue weighted by Gasteiger charge is -2.19. The lowest BCUT2D eigenvalue weighted by atomic mass is 10.1. The van der Waals surface area contributed by atoms with E-state index in [4.69, 9.17) is 4.74 Å². The average Bonchev–Trinajstić information content (AvgIpc) is 3.53. The number of nitrogens with zero attached hydrogens (tertiary/aromatic N) is 5. The number of aryl methyl sites for hydroxylation is 2. The summed E-state index contributed by atoms with van der Waals surface area (Å²) in [5.74, 6) is 2.49. The molecule has 0 bridgehead atoms. The Morgan fingerprint density at radius 3 is 2.73 bits per heavy atom. The first-order valence-electron chi connectivity index (χ1n) is 12.2. The van der Waals surface area contributed by atoms with Gasteiger partial charge in [-0.2, -0.15) is 0 Å². The lowest BCUT2D eigenvalue weighted by molar-refractivity contribution is -0.114. The van der Waals surface area contributed by atoms with Crippen LogP contribution in [0.4, 0.5) is 17.2 Å². The van der Waals surface area contributed by atoms with Gasteiger partial charge in [-0.05, 0) is 67.4 Å². The van der Waals surface area contributed by atoms with E-state index in [-0.39, 0.29) is 11.9 Å². The maximum atomic E-state index is 12.7. The Bertz CT molecular complexity index is 1760. The summed E-state index contributed by atoms with van der Waals surface area (Å²) in [4.78, 5) is 27.9. The first-order valence-corrected chi connectivity index (χ1v) is 12.2. The number of nitrogens with one attached hydrogen (secondary N) is 1. The number of piperidine rings is 1. The number of amides is 1. The van der Waals surface area contributed by atoms with Crippen LogP contribution >= 0.6 is 0 Å². The molecular formula is C29H24N6O2. The molecule has 1 saturated carbocycles. The van der Waals surface area contributed by atoms with E-state index in [1.807, 2.05) is 78.0 Å². The van der Waals surface area contributed by atoms with Crippen LogP contribution in [0.15, 0.2) is 79.4 Å². The Kier molecular flexibility index (Phi) is 4.60. The van der Waals surface area contributed by atoms with Crippen LogP contribution in [-0.4, -0.2) is 31.5 Å².